The molecule has 5 rings (SSSR count). The molecule has 0 radical (unpaired) electrons. The Bertz CT molecular complexity index is 1690. The number of likely N-dealkylation sites (N-methyl/N-ethyl adjacent to an activating group) is 1. The van der Waals surface area contributed by atoms with Crippen LogP contribution in [0.1, 0.15) is 18.5 Å². The molecule has 4 heterocycles. The molecule has 2 N–H and O–H groups in total. The predicted molar refractivity (Wildman–Crippen MR) is 174 cm³/mol. The summed E-state index contributed by atoms with van der Waals surface area (Å²) in [5.74, 6) is -5.02. The van der Waals surface area contributed by atoms with Crippen molar-refractivity contribution < 1.29 is 43.3 Å². The fourth-order valence-corrected chi connectivity index (χ4v) is 8.25. The SMILES string of the molecule is CCN1CCN(N(C=O)[C@@H](C(=O)N[C@]2(NC=O)C(=O)N3C(C(=O)[O-])=C(CSc4cc[n+](N(C)C)cc4)CS[C@@H]32)c2ccccc2)C(=O)C1=O. The van der Waals surface area contributed by atoms with Crippen molar-refractivity contribution in [2.45, 2.75) is 28.9 Å². The van der Waals surface area contributed by atoms with Crippen LogP contribution in [0.25, 0.3) is 0 Å². The molecule has 258 valence electrons. The number of fused-ring (bicyclic) bond motifs is 1. The molecule has 18 heteroatoms. The van der Waals surface area contributed by atoms with Gasteiger partial charge < -0.3 is 25.4 Å². The molecule has 0 bridgehead atoms. The molecule has 0 aliphatic carbocycles. The van der Waals surface area contributed by atoms with Gasteiger partial charge in [0.1, 0.15) is 5.37 Å². The molecule has 2 saturated heterocycles. The highest BCUT2D eigenvalue weighted by Crippen LogP contribution is 2.46. The molecule has 0 spiro atoms. The van der Waals surface area contributed by atoms with Gasteiger partial charge in [0, 0.05) is 41.6 Å². The molecule has 3 aliphatic heterocycles. The Morgan fingerprint density at radius 3 is 2.39 bits per heavy atom. The predicted octanol–water partition coefficient (Wildman–Crippen LogP) is -2.45. The Morgan fingerprint density at radius 1 is 1.10 bits per heavy atom. The van der Waals surface area contributed by atoms with Crippen molar-refractivity contribution >= 4 is 65.9 Å². The Kier molecular flexibility index (Phi) is 10.5. The van der Waals surface area contributed by atoms with Gasteiger partial charge in [0.25, 0.3) is 11.8 Å². The number of pyridine rings is 1. The lowest BCUT2D eigenvalue weighted by atomic mass is 9.94. The van der Waals surface area contributed by atoms with Crippen molar-refractivity contribution in [2.75, 3.05) is 50.2 Å². The Morgan fingerprint density at radius 2 is 1.80 bits per heavy atom. The number of hydrogen-bond donors (Lipinski definition) is 2. The van der Waals surface area contributed by atoms with Crippen LogP contribution in [0, 0.1) is 0 Å². The summed E-state index contributed by atoms with van der Waals surface area (Å²) in [5, 5.41) is 19.8. The summed E-state index contributed by atoms with van der Waals surface area (Å²) < 4.78 is 1.85. The number of nitrogens with zero attached hydrogens (tertiary/aromatic N) is 6. The van der Waals surface area contributed by atoms with Crippen LogP contribution in [0.4, 0.5) is 0 Å². The van der Waals surface area contributed by atoms with Crippen LogP contribution in [0.3, 0.4) is 0 Å². The maximum absolute atomic E-state index is 14.2. The van der Waals surface area contributed by atoms with Crippen LogP contribution in [0.2, 0.25) is 0 Å². The van der Waals surface area contributed by atoms with E-state index in [2.05, 4.69) is 10.6 Å². The maximum atomic E-state index is 14.2. The van der Waals surface area contributed by atoms with Gasteiger partial charge in [-0.3, -0.25) is 33.7 Å². The van der Waals surface area contributed by atoms with Gasteiger partial charge in [-0.15, -0.1) is 23.5 Å². The molecule has 3 aliphatic rings. The lowest BCUT2D eigenvalue weighted by Gasteiger charge is -2.57. The van der Waals surface area contributed by atoms with Gasteiger partial charge in [0.15, 0.2) is 6.04 Å². The quantitative estimate of drug-likeness (QED) is 0.0530. The third kappa shape index (κ3) is 6.52. The van der Waals surface area contributed by atoms with E-state index in [1.54, 1.807) is 25.1 Å². The van der Waals surface area contributed by atoms with E-state index in [0.717, 1.165) is 31.6 Å². The average molecular weight is 711 g/mol. The second-order valence-electron chi connectivity index (χ2n) is 11.3. The van der Waals surface area contributed by atoms with E-state index >= 15 is 0 Å². The number of amides is 6. The molecule has 16 nitrogen and oxygen atoms in total. The molecule has 2 fully saturated rings. The van der Waals surface area contributed by atoms with Gasteiger partial charge in [-0.2, -0.15) is 5.01 Å². The number of rotatable bonds is 14. The molecule has 0 saturated carbocycles. The number of carboxylic acid groups (broad SMARTS) is 1. The molecule has 3 atom stereocenters. The van der Waals surface area contributed by atoms with Crippen LogP contribution in [0.15, 0.2) is 71.0 Å². The van der Waals surface area contributed by atoms with E-state index < -0.39 is 46.7 Å². The first-order chi connectivity index (χ1) is 23.5. The van der Waals surface area contributed by atoms with Crippen LogP contribution in [0.5, 0.6) is 0 Å². The Hall–Kier alpha value is -5.10. The summed E-state index contributed by atoms with van der Waals surface area (Å²) in [5.41, 5.74) is -1.81. The number of piperazine rings is 1. The number of nitrogens with one attached hydrogen (secondary N) is 2. The van der Waals surface area contributed by atoms with Gasteiger partial charge in [-0.1, -0.05) is 35.0 Å². The molecular formula is C31H34N8O8S2. The molecule has 2 aromatic rings. The van der Waals surface area contributed by atoms with Gasteiger partial charge >= 0.3 is 11.8 Å². The summed E-state index contributed by atoms with van der Waals surface area (Å²) in [6.45, 7) is 1.99. The zero-order valence-electron chi connectivity index (χ0n) is 26.8. The second kappa shape index (κ2) is 14.6. The average Bonchev–Trinajstić information content (AvgIpc) is 3.10. The fraction of sp³-hybridized carbons (Fsp3) is 0.355. The number of carbonyl (C=O) groups is 7. The van der Waals surface area contributed by atoms with Gasteiger partial charge in [-0.25, -0.2) is 10.0 Å². The second-order valence-corrected chi connectivity index (χ2v) is 13.4. The lowest BCUT2D eigenvalue weighted by molar-refractivity contribution is -0.687. The van der Waals surface area contributed by atoms with Crippen LogP contribution in [-0.4, -0.2) is 119 Å². The molecule has 1 aromatic heterocycles. The van der Waals surface area contributed by atoms with E-state index in [0.29, 0.717) is 5.57 Å². The van der Waals surface area contributed by atoms with Crippen molar-refractivity contribution in [3.63, 3.8) is 0 Å². The van der Waals surface area contributed by atoms with Crippen molar-refractivity contribution in [1.82, 2.24) is 30.5 Å². The van der Waals surface area contributed by atoms with Crippen LogP contribution in [-0.2, 0) is 33.6 Å². The Labute approximate surface area is 290 Å². The van der Waals surface area contributed by atoms with Crippen molar-refractivity contribution in [3.8, 4) is 0 Å². The molecule has 1 aromatic carbocycles. The largest absolute Gasteiger partial charge is 0.543 e. The number of benzene rings is 1. The van der Waals surface area contributed by atoms with Crippen molar-refractivity contribution in [1.29, 1.82) is 0 Å². The number of carbonyl (C=O) groups excluding carboxylic acids is 7. The topological polar surface area (TPSA) is 187 Å². The van der Waals surface area contributed by atoms with Crippen LogP contribution >= 0.6 is 23.5 Å². The van der Waals surface area contributed by atoms with E-state index in [9.17, 15) is 38.7 Å². The summed E-state index contributed by atoms with van der Waals surface area (Å²) in [4.78, 5) is 93.8. The van der Waals surface area contributed by atoms with E-state index in [1.807, 2.05) is 48.3 Å². The van der Waals surface area contributed by atoms with Crippen molar-refractivity contribution in [3.05, 3.63) is 71.7 Å². The molecule has 6 amide bonds. The van der Waals surface area contributed by atoms with Gasteiger partial charge in [0.2, 0.25) is 30.9 Å². The van der Waals surface area contributed by atoms with Crippen LogP contribution < -0.4 is 25.4 Å². The third-order valence-electron chi connectivity index (χ3n) is 8.29. The fourth-order valence-electron chi connectivity index (χ4n) is 5.80. The standard InChI is InChI=1S/C31H34N8O8S2/c1-4-35-14-15-37(27(44)26(35)43)38(19-41)23(20-8-6-5-7-9-20)25(42)33-31(32-18-40)29(47)39-24(28(45)46)21(17-49-30(31)39)16-48-22-10-12-36(13-11-22)34(2)3/h5-13,18-19,23,30H,4,14-17H2,1-3H3,(H2-,32,33,40,42,45,46)/t23-,30-,31-/m1/s1. The minimum Gasteiger partial charge on any atom is -0.543 e. The lowest BCUT2D eigenvalue weighted by Crippen LogP contribution is -2.85. The van der Waals surface area contributed by atoms with E-state index in [1.165, 1.54) is 28.8 Å². The molecule has 0 unspecified atom stereocenters. The summed E-state index contributed by atoms with van der Waals surface area (Å²) in [6, 6.07) is 10.1. The number of aliphatic carboxylic acids is 1. The minimum absolute atomic E-state index is 0.0874. The first-order valence-electron chi connectivity index (χ1n) is 15.1. The number of carboxylic acids is 1. The Balaban J connectivity index is 1.43. The zero-order chi connectivity index (χ0) is 35.5. The van der Waals surface area contributed by atoms with Gasteiger partial charge in [0.05, 0.1) is 32.3 Å². The molecular weight excluding hydrogens is 677 g/mol. The normalized spacial score (nSPS) is 21.0. The maximum Gasteiger partial charge on any atom is 0.330 e. The zero-order valence-corrected chi connectivity index (χ0v) is 28.4. The number of β-lactam (4-membered cyclic amide) rings is 1. The summed E-state index contributed by atoms with van der Waals surface area (Å²) >= 11 is 2.50. The number of hydrazine groups is 1. The van der Waals surface area contributed by atoms with Crippen molar-refractivity contribution in [2.24, 2.45) is 0 Å². The van der Waals surface area contributed by atoms with E-state index in [4.69, 9.17) is 0 Å². The highest BCUT2D eigenvalue weighted by Gasteiger charge is 2.65. The highest BCUT2D eigenvalue weighted by molar-refractivity contribution is 8.01. The van der Waals surface area contributed by atoms with Gasteiger partial charge in [-0.05, 0) is 18.1 Å². The number of hydrogen-bond acceptors (Lipinski definition) is 11. The third-order valence-corrected chi connectivity index (χ3v) is 10.8. The highest BCUT2D eigenvalue weighted by atomic mass is 32.2. The molecule has 49 heavy (non-hydrogen) atoms. The smallest absolute Gasteiger partial charge is 0.330 e. The first kappa shape index (κ1) is 35.2. The number of aromatic nitrogens is 1. The minimum atomic E-state index is -2.11. The van der Waals surface area contributed by atoms with E-state index in [-0.39, 0.29) is 55.2 Å². The monoisotopic (exact) mass is 710 g/mol. The summed E-state index contributed by atoms with van der Waals surface area (Å²) in [6.07, 6.45) is 4.13. The summed E-state index contributed by atoms with van der Waals surface area (Å²) in [7, 11) is 3.76. The number of thioether (sulfide) groups is 2. The first-order valence-corrected chi connectivity index (χ1v) is 17.1.